The number of rotatable bonds is 5. The molecule has 1 aromatic carbocycles. The third-order valence-electron chi connectivity index (χ3n) is 1.81. The molecule has 0 fully saturated rings. The average molecular weight is 201 g/mol. The quantitative estimate of drug-likeness (QED) is 0.788. The van der Waals surface area contributed by atoms with Gasteiger partial charge in [-0.3, -0.25) is 0 Å². The molecule has 2 N–H and O–H groups in total. The van der Waals surface area contributed by atoms with Crippen LogP contribution < -0.4 is 10.5 Å². The number of ether oxygens (including phenoxy) is 1. The van der Waals surface area contributed by atoms with Crippen LogP contribution in [0.2, 0.25) is 0 Å². The van der Waals surface area contributed by atoms with Crippen LogP contribution in [0.4, 0.5) is 8.78 Å². The first-order valence-corrected chi connectivity index (χ1v) is 4.37. The third kappa shape index (κ3) is 2.96. The van der Waals surface area contributed by atoms with Crippen molar-refractivity contribution in [1.82, 2.24) is 0 Å². The molecule has 2 nitrogen and oxygen atoms in total. The number of hydrogen-bond donors (Lipinski definition) is 1. The molecule has 4 heteroatoms. The first-order chi connectivity index (χ1) is 6.80. The van der Waals surface area contributed by atoms with Gasteiger partial charge in [0.05, 0.1) is 0 Å². The summed E-state index contributed by atoms with van der Waals surface area (Å²) in [5.74, 6) is 0.461. The zero-order valence-electron chi connectivity index (χ0n) is 7.75. The van der Waals surface area contributed by atoms with E-state index in [0.717, 1.165) is 5.56 Å². The minimum atomic E-state index is -1.00. The van der Waals surface area contributed by atoms with Gasteiger partial charge >= 0.3 is 0 Å². The van der Waals surface area contributed by atoms with E-state index < -0.39 is 19.5 Å². The molecule has 1 rings (SSSR count). The van der Waals surface area contributed by atoms with Crippen molar-refractivity contribution in [3.8, 4) is 5.75 Å². The van der Waals surface area contributed by atoms with Crippen LogP contribution in [0.3, 0.4) is 0 Å². The van der Waals surface area contributed by atoms with Crippen LogP contribution in [-0.2, 0) is 6.54 Å². The Labute approximate surface area is 81.7 Å². The molecule has 78 valence electrons. The highest BCUT2D eigenvalue weighted by Crippen LogP contribution is 2.14. The smallest absolute Gasteiger partial charge is 0.155 e. The fourth-order valence-electron chi connectivity index (χ4n) is 1.00. The van der Waals surface area contributed by atoms with Crippen LogP contribution in [0, 0.1) is 0 Å². The molecule has 0 saturated heterocycles. The van der Waals surface area contributed by atoms with Gasteiger partial charge in [-0.15, -0.1) is 0 Å². The van der Waals surface area contributed by atoms with Crippen molar-refractivity contribution in [3.05, 3.63) is 29.8 Å². The molecule has 0 amide bonds. The van der Waals surface area contributed by atoms with E-state index >= 15 is 0 Å². The maximum Gasteiger partial charge on any atom is 0.155 e. The first kappa shape index (κ1) is 10.9. The lowest BCUT2D eigenvalue weighted by Crippen LogP contribution is -2.21. The molecule has 0 spiro atoms. The highest BCUT2D eigenvalue weighted by atomic mass is 19.1. The molecule has 0 aromatic heterocycles. The Balaban J connectivity index is 2.58. The highest BCUT2D eigenvalue weighted by Gasteiger charge is 2.08. The van der Waals surface area contributed by atoms with Crippen molar-refractivity contribution < 1.29 is 13.5 Å². The van der Waals surface area contributed by atoms with Gasteiger partial charge in [-0.25, -0.2) is 8.78 Å². The van der Waals surface area contributed by atoms with E-state index in [9.17, 15) is 8.78 Å². The summed E-state index contributed by atoms with van der Waals surface area (Å²) in [7, 11) is 0. The summed E-state index contributed by atoms with van der Waals surface area (Å²) in [6, 6.07) is 6.84. The Bertz CT molecular complexity index is 259. The Morgan fingerprint density at radius 1 is 1.14 bits per heavy atom. The molecule has 14 heavy (non-hydrogen) atoms. The van der Waals surface area contributed by atoms with Crippen LogP contribution >= 0.6 is 0 Å². The molecule has 0 atom stereocenters. The van der Waals surface area contributed by atoms with Crippen molar-refractivity contribution in [2.45, 2.75) is 12.6 Å². The molecule has 0 aliphatic carbocycles. The summed E-state index contributed by atoms with van der Waals surface area (Å²) >= 11 is 0. The van der Waals surface area contributed by atoms with E-state index in [0.29, 0.717) is 12.3 Å². The predicted octanol–water partition coefficient (Wildman–Crippen LogP) is 1.83. The Morgan fingerprint density at radius 2 is 1.71 bits per heavy atom. The number of benzene rings is 1. The standard InChI is InChI=1S/C10H13F2NO/c11-5-10(6-12)14-9-3-1-8(7-13)2-4-9/h1-4,10H,5-7,13H2. The molecular weight excluding hydrogens is 188 g/mol. The topological polar surface area (TPSA) is 35.2 Å². The SMILES string of the molecule is NCc1ccc(OC(CF)CF)cc1. The van der Waals surface area contributed by atoms with Crippen LogP contribution in [-0.4, -0.2) is 19.5 Å². The maximum absolute atomic E-state index is 12.1. The largest absolute Gasteiger partial charge is 0.485 e. The first-order valence-electron chi connectivity index (χ1n) is 4.37. The Morgan fingerprint density at radius 3 is 2.14 bits per heavy atom. The van der Waals surface area contributed by atoms with Gasteiger partial charge in [-0.2, -0.15) is 0 Å². The molecule has 1 aromatic rings. The molecular formula is C10H13F2NO. The molecule has 0 radical (unpaired) electrons. The summed E-state index contributed by atoms with van der Waals surface area (Å²) in [6.07, 6.45) is -1.00. The van der Waals surface area contributed by atoms with E-state index in [1.807, 2.05) is 0 Å². The number of nitrogens with two attached hydrogens (primary N) is 1. The van der Waals surface area contributed by atoms with E-state index in [4.69, 9.17) is 10.5 Å². The molecule has 0 bridgehead atoms. The number of hydrogen-bond acceptors (Lipinski definition) is 2. The number of alkyl halides is 2. The van der Waals surface area contributed by atoms with Crippen molar-refractivity contribution in [1.29, 1.82) is 0 Å². The Kier molecular flexibility index (Phi) is 4.32. The molecule has 0 aliphatic rings. The van der Waals surface area contributed by atoms with Gasteiger partial charge in [0.2, 0.25) is 0 Å². The van der Waals surface area contributed by atoms with Gasteiger partial charge < -0.3 is 10.5 Å². The van der Waals surface area contributed by atoms with Crippen LogP contribution in [0.1, 0.15) is 5.56 Å². The minimum Gasteiger partial charge on any atom is -0.485 e. The highest BCUT2D eigenvalue weighted by molar-refractivity contribution is 5.27. The monoisotopic (exact) mass is 201 g/mol. The van der Waals surface area contributed by atoms with E-state index in [-0.39, 0.29) is 0 Å². The fraction of sp³-hybridized carbons (Fsp3) is 0.400. The van der Waals surface area contributed by atoms with Crippen LogP contribution in [0.25, 0.3) is 0 Å². The van der Waals surface area contributed by atoms with Crippen LogP contribution in [0.15, 0.2) is 24.3 Å². The predicted molar refractivity (Wildman–Crippen MR) is 50.7 cm³/mol. The van der Waals surface area contributed by atoms with Crippen LogP contribution in [0.5, 0.6) is 5.75 Å². The van der Waals surface area contributed by atoms with Crippen molar-refractivity contribution in [2.75, 3.05) is 13.3 Å². The normalized spacial score (nSPS) is 10.6. The van der Waals surface area contributed by atoms with Gasteiger partial charge in [-0.1, -0.05) is 12.1 Å². The van der Waals surface area contributed by atoms with Crippen molar-refractivity contribution >= 4 is 0 Å². The molecule has 0 saturated carbocycles. The van der Waals surface area contributed by atoms with E-state index in [2.05, 4.69) is 0 Å². The van der Waals surface area contributed by atoms with Crippen molar-refractivity contribution in [2.24, 2.45) is 5.73 Å². The fourth-order valence-corrected chi connectivity index (χ4v) is 1.00. The van der Waals surface area contributed by atoms with Gasteiger partial charge in [0, 0.05) is 6.54 Å². The molecule has 0 heterocycles. The molecule has 0 aliphatic heterocycles. The second-order valence-corrected chi connectivity index (χ2v) is 2.90. The zero-order valence-corrected chi connectivity index (χ0v) is 7.75. The Hall–Kier alpha value is -1.16. The van der Waals surface area contributed by atoms with Gasteiger partial charge in [0.1, 0.15) is 19.1 Å². The second kappa shape index (κ2) is 5.54. The summed E-state index contributed by atoms with van der Waals surface area (Å²) in [6.45, 7) is -1.21. The zero-order chi connectivity index (χ0) is 10.4. The minimum absolute atomic E-state index is 0.440. The summed E-state index contributed by atoms with van der Waals surface area (Å²) < 4.78 is 29.2. The summed E-state index contributed by atoms with van der Waals surface area (Å²) in [5, 5.41) is 0. The lowest BCUT2D eigenvalue weighted by atomic mass is 10.2. The van der Waals surface area contributed by atoms with Crippen molar-refractivity contribution in [3.63, 3.8) is 0 Å². The van der Waals surface area contributed by atoms with Gasteiger partial charge in [0.25, 0.3) is 0 Å². The van der Waals surface area contributed by atoms with E-state index in [1.54, 1.807) is 24.3 Å². The van der Waals surface area contributed by atoms with E-state index in [1.165, 1.54) is 0 Å². The lowest BCUT2D eigenvalue weighted by molar-refractivity contribution is 0.133. The summed E-state index contributed by atoms with van der Waals surface area (Å²) in [4.78, 5) is 0. The third-order valence-corrected chi connectivity index (χ3v) is 1.81. The number of halogens is 2. The maximum atomic E-state index is 12.1. The average Bonchev–Trinajstić information content (AvgIpc) is 2.26. The molecule has 0 unspecified atom stereocenters. The van der Waals surface area contributed by atoms with Gasteiger partial charge in [-0.05, 0) is 17.7 Å². The summed E-state index contributed by atoms with van der Waals surface area (Å²) in [5.41, 5.74) is 6.35. The van der Waals surface area contributed by atoms with Gasteiger partial charge in [0.15, 0.2) is 6.10 Å². The second-order valence-electron chi connectivity index (χ2n) is 2.90. The lowest BCUT2D eigenvalue weighted by Gasteiger charge is -2.12.